The molecule has 0 radical (unpaired) electrons. The Kier molecular flexibility index (Phi) is 3.37. The zero-order valence-electron chi connectivity index (χ0n) is 12.3. The van der Waals surface area contributed by atoms with Crippen molar-refractivity contribution in [3.8, 4) is 0 Å². The number of nitrogens with one attached hydrogen (secondary N) is 1. The first-order valence-corrected chi connectivity index (χ1v) is 8.65. The van der Waals surface area contributed by atoms with Crippen LogP contribution in [0.1, 0.15) is 40.9 Å². The first-order chi connectivity index (χ1) is 10.7. The van der Waals surface area contributed by atoms with Crippen molar-refractivity contribution in [2.45, 2.75) is 31.7 Å². The molecule has 1 heterocycles. The third-order valence-corrected chi connectivity index (χ3v) is 5.94. The quantitative estimate of drug-likeness (QED) is 0.847. The number of nitrogens with zero attached hydrogens (tertiary/aromatic N) is 1. The van der Waals surface area contributed by atoms with Gasteiger partial charge in [-0.05, 0) is 31.1 Å². The lowest BCUT2D eigenvalue weighted by molar-refractivity contribution is 0.104. The molecule has 0 saturated heterocycles. The number of ketones is 1. The van der Waals surface area contributed by atoms with Gasteiger partial charge < -0.3 is 11.1 Å². The van der Waals surface area contributed by atoms with E-state index in [-0.39, 0.29) is 5.78 Å². The van der Waals surface area contributed by atoms with Crippen LogP contribution in [-0.2, 0) is 0 Å². The number of carbonyl (C=O) groups excluding carboxylic acids is 1. The smallest absolute Gasteiger partial charge is 0.206 e. The average Bonchev–Trinajstić information content (AvgIpc) is 3.23. The lowest BCUT2D eigenvalue weighted by atomic mass is 9.96. The number of thiazole rings is 1. The fourth-order valence-electron chi connectivity index (χ4n) is 3.86. The monoisotopic (exact) mass is 313 g/mol. The van der Waals surface area contributed by atoms with Gasteiger partial charge in [-0.25, -0.2) is 4.98 Å². The Labute approximate surface area is 133 Å². The Morgan fingerprint density at radius 2 is 2.05 bits per heavy atom. The zero-order valence-corrected chi connectivity index (χ0v) is 13.1. The van der Waals surface area contributed by atoms with E-state index in [1.807, 2.05) is 30.3 Å². The van der Waals surface area contributed by atoms with E-state index in [1.165, 1.54) is 37.0 Å². The van der Waals surface area contributed by atoms with Gasteiger partial charge in [-0.3, -0.25) is 4.79 Å². The Balaban J connectivity index is 1.53. The second kappa shape index (κ2) is 5.39. The topological polar surface area (TPSA) is 68.0 Å². The number of nitrogen functional groups attached to an aromatic ring is 1. The van der Waals surface area contributed by atoms with Crippen LogP contribution in [-0.4, -0.2) is 16.8 Å². The highest BCUT2D eigenvalue weighted by Gasteiger charge is 2.39. The third-order valence-electron chi connectivity index (χ3n) is 4.94. The molecular weight excluding hydrogens is 294 g/mol. The van der Waals surface area contributed by atoms with Crippen molar-refractivity contribution in [1.29, 1.82) is 0 Å². The number of hydrogen-bond acceptors (Lipinski definition) is 5. The van der Waals surface area contributed by atoms with E-state index in [4.69, 9.17) is 5.73 Å². The van der Waals surface area contributed by atoms with E-state index in [9.17, 15) is 4.79 Å². The summed E-state index contributed by atoms with van der Waals surface area (Å²) in [5, 5.41) is 4.30. The van der Waals surface area contributed by atoms with Crippen LogP contribution >= 0.6 is 11.3 Å². The van der Waals surface area contributed by atoms with Crippen LogP contribution in [0, 0.1) is 11.8 Å². The summed E-state index contributed by atoms with van der Waals surface area (Å²) in [6, 6.07) is 9.74. The summed E-state index contributed by atoms with van der Waals surface area (Å²) >= 11 is 1.38. The standard InChI is InChI=1S/C17H19N3OS/c18-16-15(14(21)11-4-2-1-3-5-11)22-17(20-16)19-13-9-10-6-7-12(13)8-10/h1-5,10,12-13H,6-9,18H2,(H,19,20)/t10?,12?,13-/m0/s1. The second-order valence-corrected chi connectivity index (χ2v) is 7.35. The van der Waals surface area contributed by atoms with Gasteiger partial charge in [-0.15, -0.1) is 0 Å². The molecule has 2 fully saturated rings. The summed E-state index contributed by atoms with van der Waals surface area (Å²) in [5.41, 5.74) is 6.63. The molecule has 4 rings (SSSR count). The largest absolute Gasteiger partial charge is 0.382 e. The summed E-state index contributed by atoms with van der Waals surface area (Å²) in [7, 11) is 0. The molecule has 5 heteroatoms. The van der Waals surface area contributed by atoms with Crippen molar-refractivity contribution in [3.05, 3.63) is 40.8 Å². The number of anilines is 2. The molecule has 3 atom stereocenters. The van der Waals surface area contributed by atoms with E-state index >= 15 is 0 Å². The van der Waals surface area contributed by atoms with Gasteiger partial charge >= 0.3 is 0 Å². The molecular formula is C17H19N3OS. The molecule has 2 aliphatic rings. The van der Waals surface area contributed by atoms with Gasteiger partial charge in [0.2, 0.25) is 5.78 Å². The Morgan fingerprint density at radius 1 is 1.23 bits per heavy atom. The lowest BCUT2D eigenvalue weighted by Crippen LogP contribution is -2.25. The van der Waals surface area contributed by atoms with Crippen LogP contribution in [0.2, 0.25) is 0 Å². The average molecular weight is 313 g/mol. The van der Waals surface area contributed by atoms with Crippen molar-refractivity contribution in [2.24, 2.45) is 11.8 Å². The van der Waals surface area contributed by atoms with Crippen LogP contribution in [0.15, 0.2) is 30.3 Å². The molecule has 22 heavy (non-hydrogen) atoms. The van der Waals surface area contributed by atoms with Gasteiger partial charge in [0.15, 0.2) is 5.13 Å². The summed E-state index contributed by atoms with van der Waals surface area (Å²) in [6.07, 6.45) is 5.26. The Morgan fingerprint density at radius 3 is 2.73 bits per heavy atom. The van der Waals surface area contributed by atoms with E-state index in [0.717, 1.165) is 17.0 Å². The number of aromatic nitrogens is 1. The molecule has 3 N–H and O–H groups in total. The molecule has 2 aromatic rings. The van der Waals surface area contributed by atoms with Crippen molar-refractivity contribution in [3.63, 3.8) is 0 Å². The Bertz CT molecular complexity index is 697. The maximum Gasteiger partial charge on any atom is 0.206 e. The number of benzene rings is 1. The van der Waals surface area contributed by atoms with Gasteiger partial charge in [0.05, 0.1) is 0 Å². The lowest BCUT2D eigenvalue weighted by Gasteiger charge is -2.22. The molecule has 1 aromatic heterocycles. The highest BCUT2D eigenvalue weighted by molar-refractivity contribution is 7.18. The minimum atomic E-state index is -0.0448. The van der Waals surface area contributed by atoms with E-state index < -0.39 is 0 Å². The van der Waals surface area contributed by atoms with Crippen LogP contribution in [0.4, 0.5) is 10.9 Å². The molecule has 0 amide bonds. The van der Waals surface area contributed by atoms with Gasteiger partial charge in [0.1, 0.15) is 10.7 Å². The number of nitrogens with two attached hydrogens (primary N) is 1. The normalized spacial score (nSPS) is 26.3. The summed E-state index contributed by atoms with van der Waals surface area (Å²) in [5.74, 6) is 1.94. The van der Waals surface area contributed by atoms with Crippen molar-refractivity contribution >= 4 is 28.1 Å². The molecule has 2 unspecified atom stereocenters. The van der Waals surface area contributed by atoms with Gasteiger partial charge in [0, 0.05) is 11.6 Å². The summed E-state index contributed by atoms with van der Waals surface area (Å²) in [4.78, 5) is 17.4. The number of hydrogen-bond donors (Lipinski definition) is 2. The van der Waals surface area contributed by atoms with Crippen LogP contribution in [0.3, 0.4) is 0 Å². The van der Waals surface area contributed by atoms with Crippen LogP contribution in [0.5, 0.6) is 0 Å². The van der Waals surface area contributed by atoms with Gasteiger partial charge in [0.25, 0.3) is 0 Å². The minimum absolute atomic E-state index is 0.0448. The fraction of sp³-hybridized carbons (Fsp3) is 0.412. The summed E-state index contributed by atoms with van der Waals surface area (Å²) in [6.45, 7) is 0. The first-order valence-electron chi connectivity index (χ1n) is 7.83. The number of fused-ring (bicyclic) bond motifs is 2. The molecule has 1 aromatic carbocycles. The van der Waals surface area contributed by atoms with Gasteiger partial charge in [-0.1, -0.05) is 48.1 Å². The van der Waals surface area contributed by atoms with E-state index in [2.05, 4.69) is 10.3 Å². The maximum absolute atomic E-state index is 12.5. The van der Waals surface area contributed by atoms with Crippen molar-refractivity contribution in [1.82, 2.24) is 4.98 Å². The van der Waals surface area contributed by atoms with Crippen molar-refractivity contribution < 1.29 is 4.79 Å². The number of carbonyl (C=O) groups is 1. The minimum Gasteiger partial charge on any atom is -0.382 e. The van der Waals surface area contributed by atoms with E-state index in [1.54, 1.807) is 0 Å². The molecule has 0 spiro atoms. The SMILES string of the molecule is Nc1nc(N[C@H]2CC3CCC2C3)sc1C(=O)c1ccccc1. The Hall–Kier alpha value is -1.88. The van der Waals surface area contributed by atoms with Gasteiger partial charge in [-0.2, -0.15) is 0 Å². The predicted molar refractivity (Wildman–Crippen MR) is 89.3 cm³/mol. The third kappa shape index (κ3) is 2.39. The molecule has 0 aliphatic heterocycles. The van der Waals surface area contributed by atoms with Crippen LogP contribution in [0.25, 0.3) is 0 Å². The molecule has 114 valence electrons. The molecule has 4 nitrogen and oxygen atoms in total. The van der Waals surface area contributed by atoms with E-state index in [0.29, 0.717) is 22.3 Å². The second-order valence-electron chi connectivity index (χ2n) is 6.35. The van der Waals surface area contributed by atoms with Crippen LogP contribution < -0.4 is 11.1 Å². The predicted octanol–water partition coefficient (Wildman–Crippen LogP) is 3.56. The molecule has 2 aliphatic carbocycles. The fourth-order valence-corrected chi connectivity index (χ4v) is 4.77. The maximum atomic E-state index is 12.5. The summed E-state index contributed by atoms with van der Waals surface area (Å²) < 4.78 is 0. The molecule has 2 saturated carbocycles. The zero-order chi connectivity index (χ0) is 15.1. The highest BCUT2D eigenvalue weighted by atomic mass is 32.1. The van der Waals surface area contributed by atoms with Crippen molar-refractivity contribution in [2.75, 3.05) is 11.1 Å². The molecule has 2 bridgehead atoms. The first kappa shape index (κ1) is 13.8. The highest BCUT2D eigenvalue weighted by Crippen LogP contribution is 2.46. The number of rotatable bonds is 4.